The van der Waals surface area contributed by atoms with E-state index in [1.165, 1.54) is 0 Å². The average Bonchev–Trinajstić information content (AvgIpc) is 3.35. The normalized spacial score (nSPS) is 13.6. The van der Waals surface area contributed by atoms with E-state index >= 15 is 0 Å². The molecule has 2 amide bonds. The molecule has 7 nitrogen and oxygen atoms in total. The van der Waals surface area contributed by atoms with E-state index in [-0.39, 0.29) is 16.8 Å². The van der Waals surface area contributed by atoms with Crippen LogP contribution in [0.3, 0.4) is 0 Å². The maximum Gasteiger partial charge on any atom is 0.293 e. The summed E-state index contributed by atoms with van der Waals surface area (Å²) in [6.07, 6.45) is 0.597. The second-order valence-electron chi connectivity index (χ2n) is 9.10. The molecule has 1 aromatic heterocycles. The van der Waals surface area contributed by atoms with E-state index in [0.717, 1.165) is 43.1 Å². The average molecular weight is 525 g/mol. The molecule has 0 saturated carbocycles. The molecule has 0 bridgehead atoms. The van der Waals surface area contributed by atoms with Crippen LogP contribution < -0.4 is 15.5 Å². The van der Waals surface area contributed by atoms with E-state index in [0.29, 0.717) is 23.1 Å². The maximum absolute atomic E-state index is 12.6. The lowest BCUT2D eigenvalue weighted by Crippen LogP contribution is -2.49. The lowest BCUT2D eigenvalue weighted by Gasteiger charge is -2.36. The summed E-state index contributed by atoms with van der Waals surface area (Å²) in [5.41, 5.74) is 2.62. The van der Waals surface area contributed by atoms with Gasteiger partial charge in [0.2, 0.25) is 5.91 Å². The molecule has 4 rings (SSSR count). The summed E-state index contributed by atoms with van der Waals surface area (Å²) in [7, 11) is 0. The van der Waals surface area contributed by atoms with Gasteiger partial charge in [0.15, 0.2) is 10.9 Å². The van der Waals surface area contributed by atoms with Crippen LogP contribution in [0.4, 0.5) is 11.4 Å². The summed E-state index contributed by atoms with van der Waals surface area (Å²) < 4.78 is 5.67. The van der Waals surface area contributed by atoms with Crippen LogP contribution >= 0.6 is 23.8 Å². The highest BCUT2D eigenvalue weighted by Gasteiger charge is 2.21. The Labute approximate surface area is 221 Å². The first-order chi connectivity index (χ1) is 17.3. The number of carbonyl (C=O) groups is 2. The van der Waals surface area contributed by atoms with E-state index in [4.69, 9.17) is 28.2 Å². The third kappa shape index (κ3) is 6.65. The van der Waals surface area contributed by atoms with Crippen LogP contribution in [-0.4, -0.2) is 48.0 Å². The Morgan fingerprint density at radius 2 is 1.75 bits per heavy atom. The Bertz CT molecular complexity index is 1230. The van der Waals surface area contributed by atoms with Gasteiger partial charge in [-0.2, -0.15) is 0 Å². The first-order valence-corrected chi connectivity index (χ1v) is 12.7. The van der Waals surface area contributed by atoms with Crippen LogP contribution in [0, 0.1) is 5.92 Å². The maximum atomic E-state index is 12.6. The Morgan fingerprint density at radius 1 is 1.03 bits per heavy atom. The van der Waals surface area contributed by atoms with Crippen molar-refractivity contribution in [3.05, 3.63) is 71.4 Å². The molecule has 0 radical (unpaired) electrons. The van der Waals surface area contributed by atoms with Gasteiger partial charge >= 0.3 is 0 Å². The number of nitrogens with zero attached hydrogens (tertiary/aromatic N) is 2. The number of rotatable bonds is 6. The number of nitrogens with one attached hydrogen (secondary N) is 2. The fraction of sp³-hybridized carbons (Fsp3) is 0.296. The monoisotopic (exact) mass is 524 g/mol. The highest BCUT2D eigenvalue weighted by molar-refractivity contribution is 7.80. The number of thiocarbonyl (C=S) groups is 1. The second kappa shape index (κ2) is 11.6. The number of halogens is 1. The zero-order valence-corrected chi connectivity index (χ0v) is 21.9. The van der Waals surface area contributed by atoms with E-state index in [1.807, 2.05) is 41.3 Å². The molecule has 188 valence electrons. The van der Waals surface area contributed by atoms with Crippen LogP contribution in [-0.2, 0) is 4.79 Å². The van der Waals surface area contributed by atoms with E-state index in [9.17, 15) is 9.59 Å². The van der Waals surface area contributed by atoms with Crippen LogP contribution in [0.1, 0.15) is 30.8 Å². The third-order valence-corrected chi connectivity index (χ3v) is 6.31. The van der Waals surface area contributed by atoms with Gasteiger partial charge in [0.05, 0.1) is 0 Å². The molecule has 1 aliphatic rings. The van der Waals surface area contributed by atoms with Crippen LogP contribution in [0.15, 0.2) is 65.1 Å². The van der Waals surface area contributed by atoms with Crippen molar-refractivity contribution in [1.82, 2.24) is 10.2 Å². The zero-order chi connectivity index (χ0) is 25.7. The Balaban J connectivity index is 1.27. The quantitative estimate of drug-likeness (QED) is 0.419. The summed E-state index contributed by atoms with van der Waals surface area (Å²) in [6, 6.07) is 18.4. The largest absolute Gasteiger partial charge is 0.451 e. The molecule has 2 heterocycles. The van der Waals surface area contributed by atoms with Gasteiger partial charge in [-0.1, -0.05) is 37.6 Å². The van der Waals surface area contributed by atoms with Crippen molar-refractivity contribution in [1.29, 1.82) is 0 Å². The molecular formula is C27H29ClN4O3S. The molecular weight excluding hydrogens is 496 g/mol. The fourth-order valence-electron chi connectivity index (χ4n) is 4.03. The fourth-order valence-corrected chi connectivity index (χ4v) is 4.43. The van der Waals surface area contributed by atoms with Crippen molar-refractivity contribution in [2.45, 2.75) is 20.3 Å². The summed E-state index contributed by atoms with van der Waals surface area (Å²) in [4.78, 5) is 29.1. The van der Waals surface area contributed by atoms with Crippen molar-refractivity contribution in [3.63, 3.8) is 0 Å². The van der Waals surface area contributed by atoms with Gasteiger partial charge in [0.25, 0.3) is 5.91 Å². The number of hydrogen-bond donors (Lipinski definition) is 2. The number of piperazine rings is 1. The zero-order valence-electron chi connectivity index (χ0n) is 20.3. The minimum Gasteiger partial charge on any atom is -0.451 e. The van der Waals surface area contributed by atoms with Crippen LogP contribution in [0.5, 0.6) is 0 Å². The molecule has 1 aliphatic heterocycles. The minimum absolute atomic E-state index is 0.149. The van der Waals surface area contributed by atoms with Gasteiger partial charge in [0, 0.05) is 54.6 Å². The molecule has 3 aromatic rings. The molecule has 2 aromatic carbocycles. The van der Waals surface area contributed by atoms with Gasteiger partial charge in [-0.25, -0.2) is 0 Å². The Morgan fingerprint density at radius 3 is 2.42 bits per heavy atom. The smallest absolute Gasteiger partial charge is 0.293 e. The number of anilines is 2. The summed E-state index contributed by atoms with van der Waals surface area (Å²) in [5.74, 6) is 0.854. The predicted molar refractivity (Wildman–Crippen MR) is 148 cm³/mol. The van der Waals surface area contributed by atoms with E-state index in [2.05, 4.69) is 29.4 Å². The summed E-state index contributed by atoms with van der Waals surface area (Å²) in [5, 5.41) is 6.43. The number of carbonyl (C=O) groups excluding carboxylic acids is 2. The van der Waals surface area contributed by atoms with Crippen molar-refractivity contribution >= 4 is 52.1 Å². The lowest BCUT2D eigenvalue weighted by atomic mass is 10.1. The highest BCUT2D eigenvalue weighted by Crippen LogP contribution is 2.25. The highest BCUT2D eigenvalue weighted by atomic mass is 35.5. The molecule has 1 saturated heterocycles. The van der Waals surface area contributed by atoms with Gasteiger partial charge in [-0.05, 0) is 66.7 Å². The first kappa shape index (κ1) is 25.7. The molecule has 0 aliphatic carbocycles. The van der Waals surface area contributed by atoms with Crippen molar-refractivity contribution in [3.8, 4) is 11.3 Å². The van der Waals surface area contributed by atoms with Gasteiger partial charge in [-0.15, -0.1) is 0 Å². The molecule has 0 unspecified atom stereocenters. The van der Waals surface area contributed by atoms with Crippen molar-refractivity contribution in [2.75, 3.05) is 36.4 Å². The number of hydrogen-bond acceptors (Lipinski definition) is 5. The Kier molecular flexibility index (Phi) is 8.28. The van der Waals surface area contributed by atoms with Crippen LogP contribution in [0.25, 0.3) is 11.3 Å². The Hall–Kier alpha value is -3.36. The number of furan rings is 1. The van der Waals surface area contributed by atoms with E-state index < -0.39 is 5.91 Å². The molecule has 1 fully saturated rings. The van der Waals surface area contributed by atoms with Gasteiger partial charge in [0.1, 0.15) is 5.76 Å². The molecule has 9 heteroatoms. The summed E-state index contributed by atoms with van der Waals surface area (Å²) >= 11 is 11.3. The molecule has 2 N–H and O–H groups in total. The van der Waals surface area contributed by atoms with Crippen LogP contribution in [0.2, 0.25) is 5.02 Å². The molecule has 0 atom stereocenters. The van der Waals surface area contributed by atoms with Gasteiger partial charge in [-0.3, -0.25) is 14.9 Å². The SMILES string of the molecule is CC(C)CC(=O)N1CCN(c2ccc(NC(=S)NC(=O)c3ccc(-c4cccc(Cl)c4)o3)cc2)CC1. The summed E-state index contributed by atoms with van der Waals surface area (Å²) in [6.45, 7) is 7.18. The molecule has 0 spiro atoms. The van der Waals surface area contributed by atoms with Crippen molar-refractivity contribution < 1.29 is 14.0 Å². The number of amides is 2. The first-order valence-electron chi connectivity index (χ1n) is 11.9. The van der Waals surface area contributed by atoms with E-state index in [1.54, 1.807) is 24.3 Å². The third-order valence-electron chi connectivity index (χ3n) is 5.87. The molecule has 36 heavy (non-hydrogen) atoms. The van der Waals surface area contributed by atoms with Gasteiger partial charge < -0.3 is 19.5 Å². The second-order valence-corrected chi connectivity index (χ2v) is 9.94. The predicted octanol–water partition coefficient (Wildman–Crippen LogP) is 5.42. The minimum atomic E-state index is -0.442. The number of benzene rings is 2. The topological polar surface area (TPSA) is 77.8 Å². The lowest BCUT2D eigenvalue weighted by molar-refractivity contribution is -0.132. The standard InChI is InChI=1S/C27H29ClN4O3S/c1-18(2)16-25(33)32-14-12-31(13-15-32)22-8-6-21(7-9-22)29-27(36)30-26(34)24-11-10-23(35-24)19-4-3-5-20(28)17-19/h3-11,17-18H,12-16H2,1-2H3,(H2,29,30,34,36). The van der Waals surface area contributed by atoms with Crippen molar-refractivity contribution in [2.24, 2.45) is 5.92 Å².